The predicted octanol–water partition coefficient (Wildman–Crippen LogP) is 4.76. The minimum atomic E-state index is -0.0465. The molecule has 0 amide bonds. The molecule has 1 aromatic heterocycles. The second-order valence-electron chi connectivity index (χ2n) is 7.42. The van der Waals surface area contributed by atoms with E-state index >= 15 is 0 Å². The zero-order chi connectivity index (χ0) is 17.7. The van der Waals surface area contributed by atoms with E-state index in [9.17, 15) is 4.79 Å². The van der Waals surface area contributed by atoms with Gasteiger partial charge in [0.1, 0.15) is 0 Å². The zero-order valence-corrected chi connectivity index (χ0v) is 15.9. The summed E-state index contributed by atoms with van der Waals surface area (Å²) in [5.41, 5.74) is 2.28. The maximum absolute atomic E-state index is 12.0. The van der Waals surface area contributed by atoms with Gasteiger partial charge in [-0.25, -0.2) is 0 Å². The first-order valence-corrected chi connectivity index (χ1v) is 10.3. The second kappa shape index (κ2) is 12.0. The number of ether oxygens (including phenoxy) is 1. The molecule has 1 aliphatic rings. The lowest BCUT2D eigenvalue weighted by Gasteiger charge is -2.14. The van der Waals surface area contributed by atoms with Gasteiger partial charge in [-0.3, -0.25) is 9.89 Å². The molecule has 5 heteroatoms. The Morgan fingerprint density at radius 1 is 0.880 bits per heavy atom. The highest BCUT2D eigenvalue weighted by molar-refractivity contribution is 5.72. The van der Waals surface area contributed by atoms with E-state index in [1.165, 1.54) is 70.6 Å². The maximum atomic E-state index is 12.0. The normalized spacial score (nSPS) is 22.4. The van der Waals surface area contributed by atoms with Gasteiger partial charge in [0.2, 0.25) is 0 Å². The molecule has 0 aromatic carbocycles. The van der Waals surface area contributed by atoms with Gasteiger partial charge in [0.05, 0.1) is 24.4 Å². The summed E-state index contributed by atoms with van der Waals surface area (Å²) in [6, 6.07) is 0. The predicted molar refractivity (Wildman–Crippen MR) is 99.3 cm³/mol. The van der Waals surface area contributed by atoms with E-state index in [-0.39, 0.29) is 11.9 Å². The fourth-order valence-electron chi connectivity index (χ4n) is 3.84. The summed E-state index contributed by atoms with van der Waals surface area (Å²) in [4.78, 5) is 12.0. The highest BCUT2D eigenvalue weighted by atomic mass is 16.5. The van der Waals surface area contributed by atoms with Crippen LogP contribution in [-0.4, -0.2) is 28.5 Å². The fourth-order valence-corrected chi connectivity index (χ4v) is 3.84. The van der Waals surface area contributed by atoms with Crippen LogP contribution in [0, 0.1) is 5.92 Å². The van der Waals surface area contributed by atoms with Crippen LogP contribution in [0.4, 0.5) is 0 Å². The van der Waals surface area contributed by atoms with E-state index in [1.54, 1.807) is 0 Å². The van der Waals surface area contributed by atoms with Crippen molar-refractivity contribution >= 4 is 5.97 Å². The SMILES string of the molecule is COC(=O)C1CCCCCCCCCCCCc2[nH]nnc2CCC1. The van der Waals surface area contributed by atoms with Crippen molar-refractivity contribution < 1.29 is 9.53 Å². The summed E-state index contributed by atoms with van der Waals surface area (Å²) in [6.07, 6.45) is 17.7. The van der Waals surface area contributed by atoms with Crippen molar-refractivity contribution in [3.05, 3.63) is 11.4 Å². The number of aryl methyl sites for hydroxylation is 2. The smallest absolute Gasteiger partial charge is 0.308 e. The van der Waals surface area contributed by atoms with E-state index in [1.807, 2.05) is 0 Å². The lowest BCUT2D eigenvalue weighted by Crippen LogP contribution is -2.16. The van der Waals surface area contributed by atoms with Crippen molar-refractivity contribution in [3.63, 3.8) is 0 Å². The third kappa shape index (κ3) is 7.57. The molecule has 1 aromatic rings. The molecule has 5 nitrogen and oxygen atoms in total. The first-order valence-electron chi connectivity index (χ1n) is 10.3. The van der Waals surface area contributed by atoms with Gasteiger partial charge in [-0.05, 0) is 38.5 Å². The van der Waals surface area contributed by atoms with E-state index in [0.717, 1.165) is 44.2 Å². The average Bonchev–Trinajstić information content (AvgIpc) is 3.07. The minimum absolute atomic E-state index is 0.0410. The van der Waals surface area contributed by atoms with Gasteiger partial charge in [0.25, 0.3) is 0 Å². The molecule has 142 valence electrons. The number of hydrogen-bond acceptors (Lipinski definition) is 4. The topological polar surface area (TPSA) is 67.9 Å². The quantitative estimate of drug-likeness (QED) is 0.742. The monoisotopic (exact) mass is 349 g/mol. The average molecular weight is 350 g/mol. The van der Waals surface area contributed by atoms with Crippen LogP contribution in [0.15, 0.2) is 0 Å². The number of hydrogen-bond donors (Lipinski definition) is 1. The van der Waals surface area contributed by atoms with Crippen molar-refractivity contribution in [3.8, 4) is 0 Å². The molecule has 0 spiro atoms. The summed E-state index contributed by atoms with van der Waals surface area (Å²) in [5, 5.41) is 11.3. The van der Waals surface area contributed by atoms with Crippen molar-refractivity contribution in [2.45, 2.75) is 96.3 Å². The van der Waals surface area contributed by atoms with Crippen molar-refractivity contribution in [1.29, 1.82) is 0 Å². The van der Waals surface area contributed by atoms with Gasteiger partial charge in [-0.1, -0.05) is 63.0 Å². The highest BCUT2D eigenvalue weighted by Gasteiger charge is 2.19. The molecule has 1 heterocycles. The Morgan fingerprint density at radius 3 is 2.16 bits per heavy atom. The Kier molecular flexibility index (Phi) is 9.60. The van der Waals surface area contributed by atoms with E-state index in [0.29, 0.717) is 0 Å². The second-order valence-corrected chi connectivity index (χ2v) is 7.42. The number of fused-ring (bicyclic) bond motifs is 1. The van der Waals surface area contributed by atoms with Gasteiger partial charge in [0, 0.05) is 0 Å². The third-order valence-electron chi connectivity index (χ3n) is 5.43. The molecule has 1 N–H and O–H groups in total. The molecule has 0 saturated carbocycles. The van der Waals surface area contributed by atoms with Crippen LogP contribution in [-0.2, 0) is 22.4 Å². The molecule has 0 radical (unpaired) electrons. The van der Waals surface area contributed by atoms with Crippen molar-refractivity contribution in [2.75, 3.05) is 7.11 Å². The van der Waals surface area contributed by atoms with Crippen LogP contribution < -0.4 is 0 Å². The Bertz CT molecular complexity index is 487. The molecule has 1 atom stereocenters. The summed E-state index contributed by atoms with van der Waals surface area (Å²) in [6.45, 7) is 0. The Morgan fingerprint density at radius 2 is 1.48 bits per heavy atom. The number of aromatic nitrogens is 3. The largest absolute Gasteiger partial charge is 0.469 e. The lowest BCUT2D eigenvalue weighted by atomic mass is 9.94. The third-order valence-corrected chi connectivity index (χ3v) is 5.43. The number of methoxy groups -OCH3 is 1. The number of aromatic amines is 1. The van der Waals surface area contributed by atoms with Gasteiger partial charge >= 0.3 is 5.97 Å². The fraction of sp³-hybridized carbons (Fsp3) is 0.850. The van der Waals surface area contributed by atoms with Gasteiger partial charge in [0.15, 0.2) is 0 Å². The lowest BCUT2D eigenvalue weighted by molar-refractivity contribution is -0.146. The van der Waals surface area contributed by atoms with E-state index < -0.39 is 0 Å². The maximum Gasteiger partial charge on any atom is 0.308 e. The van der Waals surface area contributed by atoms with Crippen LogP contribution in [0.2, 0.25) is 0 Å². The molecular weight excluding hydrogens is 314 g/mol. The summed E-state index contributed by atoms with van der Waals surface area (Å²) >= 11 is 0. The molecule has 0 bridgehead atoms. The molecular formula is C20H35N3O2. The minimum Gasteiger partial charge on any atom is -0.469 e. The molecule has 0 saturated heterocycles. The molecule has 0 aliphatic heterocycles. The van der Waals surface area contributed by atoms with E-state index in [4.69, 9.17) is 4.74 Å². The molecule has 25 heavy (non-hydrogen) atoms. The first-order chi connectivity index (χ1) is 12.3. The molecule has 2 rings (SSSR count). The summed E-state index contributed by atoms with van der Waals surface area (Å²) < 4.78 is 5.01. The van der Waals surface area contributed by atoms with Crippen LogP contribution in [0.1, 0.15) is 94.9 Å². The molecule has 1 aliphatic carbocycles. The van der Waals surface area contributed by atoms with Crippen LogP contribution in [0.3, 0.4) is 0 Å². The Hall–Kier alpha value is -1.39. The van der Waals surface area contributed by atoms with Crippen LogP contribution >= 0.6 is 0 Å². The van der Waals surface area contributed by atoms with E-state index in [2.05, 4.69) is 15.4 Å². The standard InChI is InChI=1S/C20H35N3O2/c1-25-20(24)17-13-10-8-6-4-2-3-5-7-9-11-15-18-19(16-12-14-17)22-23-21-18/h17H,2-16H2,1H3,(H,21,22,23). The Balaban J connectivity index is 1.89. The number of rotatable bonds is 1. The highest BCUT2D eigenvalue weighted by Crippen LogP contribution is 2.21. The van der Waals surface area contributed by atoms with Gasteiger partial charge in [-0.15, -0.1) is 5.10 Å². The summed E-state index contributed by atoms with van der Waals surface area (Å²) in [7, 11) is 1.50. The number of carbonyl (C=O) groups is 1. The zero-order valence-electron chi connectivity index (χ0n) is 15.9. The number of esters is 1. The molecule has 1 unspecified atom stereocenters. The number of nitrogens with zero attached hydrogens (tertiary/aromatic N) is 2. The number of H-pyrrole nitrogens is 1. The Labute approximate surface area is 152 Å². The van der Waals surface area contributed by atoms with Crippen molar-refractivity contribution in [2.24, 2.45) is 5.92 Å². The molecule has 0 fully saturated rings. The van der Waals surface area contributed by atoms with Crippen LogP contribution in [0.5, 0.6) is 0 Å². The number of nitrogens with one attached hydrogen (secondary N) is 1. The van der Waals surface area contributed by atoms with Crippen molar-refractivity contribution in [1.82, 2.24) is 15.4 Å². The first kappa shape index (κ1) is 19.9. The number of carbonyl (C=O) groups excluding carboxylic acids is 1. The van der Waals surface area contributed by atoms with Crippen LogP contribution in [0.25, 0.3) is 0 Å². The summed E-state index contributed by atoms with van der Waals surface area (Å²) in [5.74, 6) is -0.00554. The van der Waals surface area contributed by atoms with Gasteiger partial charge in [-0.2, -0.15) is 0 Å². The van der Waals surface area contributed by atoms with Gasteiger partial charge < -0.3 is 4.74 Å².